The first kappa shape index (κ1) is 17.9. The number of methoxy groups -OCH3 is 1. The van der Waals surface area contributed by atoms with Crippen molar-refractivity contribution in [1.82, 2.24) is 0 Å². The van der Waals surface area contributed by atoms with Gasteiger partial charge in [0.1, 0.15) is 5.78 Å². The topological polar surface area (TPSA) is 76.0 Å². The van der Waals surface area contributed by atoms with Gasteiger partial charge in [-0.25, -0.2) is 4.99 Å². The molecule has 1 aliphatic heterocycles. The van der Waals surface area contributed by atoms with Crippen LogP contribution in [0.25, 0.3) is 0 Å². The first-order chi connectivity index (χ1) is 12.7. The monoisotopic (exact) mass is 389 g/mol. The van der Waals surface area contributed by atoms with Crippen LogP contribution in [-0.2, 0) is 14.3 Å². The molecular formula is C21H27NO4S. The lowest BCUT2D eigenvalue weighted by molar-refractivity contribution is -0.165. The van der Waals surface area contributed by atoms with E-state index < -0.39 is 15.9 Å². The fraction of sp³-hybridized carbons (Fsp3) is 0.762. The molecule has 0 aromatic heterocycles. The van der Waals surface area contributed by atoms with E-state index in [2.05, 4.69) is 11.9 Å². The zero-order valence-corrected chi connectivity index (χ0v) is 17.0. The Bertz CT molecular complexity index is 821. The number of fused-ring (bicyclic) bond motifs is 3. The molecule has 3 saturated carbocycles. The highest BCUT2D eigenvalue weighted by Gasteiger charge is 2.78. The second-order valence-electron chi connectivity index (χ2n) is 9.51. The van der Waals surface area contributed by atoms with E-state index in [1.807, 2.05) is 13.0 Å². The number of nitrogens with zero attached hydrogens (tertiary/aromatic N) is 1. The number of hydrogen-bond donors (Lipinski definition) is 1. The van der Waals surface area contributed by atoms with Crippen LogP contribution in [0.15, 0.2) is 16.6 Å². The summed E-state index contributed by atoms with van der Waals surface area (Å²) in [5.41, 5.74) is -1.02. The van der Waals surface area contributed by atoms with Crippen molar-refractivity contribution in [3.8, 4) is 0 Å². The van der Waals surface area contributed by atoms with Crippen LogP contribution >= 0.6 is 11.8 Å². The van der Waals surface area contributed by atoms with E-state index in [4.69, 9.17) is 4.74 Å². The molecule has 5 rings (SSSR count). The average molecular weight is 390 g/mol. The van der Waals surface area contributed by atoms with Crippen LogP contribution in [0.1, 0.15) is 58.8 Å². The predicted molar refractivity (Wildman–Crippen MR) is 103 cm³/mol. The highest BCUT2D eigenvalue weighted by atomic mass is 32.2. The molecule has 27 heavy (non-hydrogen) atoms. The van der Waals surface area contributed by atoms with Gasteiger partial charge >= 0.3 is 0 Å². The number of carbonyl (C=O) groups is 2. The molecular weight excluding hydrogens is 362 g/mol. The molecule has 0 aromatic carbocycles. The van der Waals surface area contributed by atoms with Crippen molar-refractivity contribution in [2.45, 2.75) is 69.3 Å². The van der Waals surface area contributed by atoms with Gasteiger partial charge in [0.15, 0.2) is 11.5 Å². The number of ketones is 2. The van der Waals surface area contributed by atoms with E-state index in [-0.39, 0.29) is 28.8 Å². The molecule has 6 atom stereocenters. The van der Waals surface area contributed by atoms with E-state index >= 15 is 0 Å². The summed E-state index contributed by atoms with van der Waals surface area (Å²) in [5.74, 6) is 0.906. The summed E-state index contributed by atoms with van der Waals surface area (Å²) in [4.78, 5) is 29.7. The van der Waals surface area contributed by atoms with Crippen LogP contribution in [0.2, 0.25) is 0 Å². The number of rotatable bonds is 0. The second kappa shape index (κ2) is 5.26. The van der Waals surface area contributed by atoms with Gasteiger partial charge in [0, 0.05) is 30.1 Å². The quantitative estimate of drug-likeness (QED) is 0.688. The Morgan fingerprint density at radius 3 is 2.67 bits per heavy atom. The first-order valence-corrected chi connectivity index (χ1v) is 10.8. The molecule has 146 valence electrons. The Morgan fingerprint density at radius 2 is 1.93 bits per heavy atom. The summed E-state index contributed by atoms with van der Waals surface area (Å²) in [6, 6.07) is 0. The SMILES string of the molecule is COC1=NC2(O)CC3(C)C(=O)CCC3C3CCC4=CC(=O)CCC4(C)C32S1. The van der Waals surface area contributed by atoms with Crippen molar-refractivity contribution in [3.05, 3.63) is 11.6 Å². The highest BCUT2D eigenvalue weighted by molar-refractivity contribution is 8.15. The van der Waals surface area contributed by atoms with Crippen molar-refractivity contribution < 1.29 is 19.4 Å². The van der Waals surface area contributed by atoms with Gasteiger partial charge in [0.05, 0.1) is 11.9 Å². The fourth-order valence-corrected chi connectivity index (χ4v) is 9.01. The van der Waals surface area contributed by atoms with Crippen LogP contribution in [-0.4, -0.2) is 39.5 Å². The number of aliphatic hydroxyl groups is 1. The van der Waals surface area contributed by atoms with E-state index in [0.29, 0.717) is 24.5 Å². The van der Waals surface area contributed by atoms with E-state index in [9.17, 15) is 14.7 Å². The van der Waals surface area contributed by atoms with Gasteiger partial charge in [-0.3, -0.25) is 9.59 Å². The van der Waals surface area contributed by atoms with Gasteiger partial charge in [-0.1, -0.05) is 31.2 Å². The number of allylic oxidation sites excluding steroid dienone is 1. The minimum atomic E-state index is -1.34. The van der Waals surface area contributed by atoms with E-state index in [0.717, 1.165) is 31.3 Å². The van der Waals surface area contributed by atoms with Crippen molar-refractivity contribution >= 4 is 28.6 Å². The molecule has 1 N–H and O–H groups in total. The highest BCUT2D eigenvalue weighted by Crippen LogP contribution is 2.75. The molecule has 1 spiro atoms. The fourth-order valence-electron chi connectivity index (χ4n) is 7.29. The number of ether oxygens (including phenoxy) is 1. The third kappa shape index (κ3) is 1.89. The van der Waals surface area contributed by atoms with Crippen molar-refractivity contribution in [2.75, 3.05) is 7.11 Å². The van der Waals surface area contributed by atoms with Crippen molar-refractivity contribution in [3.63, 3.8) is 0 Å². The van der Waals surface area contributed by atoms with Crippen LogP contribution in [0, 0.1) is 22.7 Å². The Kier molecular flexibility index (Phi) is 3.49. The van der Waals surface area contributed by atoms with Crippen LogP contribution in [0.4, 0.5) is 0 Å². The summed E-state index contributed by atoms with van der Waals surface area (Å²) in [6.07, 6.45) is 6.69. The lowest BCUT2D eigenvalue weighted by Crippen LogP contribution is -2.71. The summed E-state index contributed by atoms with van der Waals surface area (Å²) in [5, 5.41) is 12.6. The average Bonchev–Trinajstić information content (AvgIpc) is 3.07. The second-order valence-corrected chi connectivity index (χ2v) is 10.7. The molecule has 5 aliphatic rings. The molecule has 4 aliphatic carbocycles. The van der Waals surface area contributed by atoms with Crippen LogP contribution in [0.5, 0.6) is 0 Å². The molecule has 0 radical (unpaired) electrons. The third-order valence-electron chi connectivity index (χ3n) is 8.51. The number of carbonyl (C=O) groups excluding carboxylic acids is 2. The maximum atomic E-state index is 12.8. The zero-order valence-electron chi connectivity index (χ0n) is 16.2. The van der Waals surface area contributed by atoms with Crippen molar-refractivity contribution in [1.29, 1.82) is 0 Å². The zero-order chi connectivity index (χ0) is 19.2. The first-order valence-electron chi connectivity index (χ1n) is 10.0. The molecule has 3 fully saturated rings. The minimum Gasteiger partial charge on any atom is -0.476 e. The number of hydrogen-bond acceptors (Lipinski definition) is 6. The van der Waals surface area contributed by atoms with Crippen LogP contribution in [0.3, 0.4) is 0 Å². The smallest absolute Gasteiger partial charge is 0.249 e. The van der Waals surface area contributed by atoms with Gasteiger partial charge in [0.25, 0.3) is 0 Å². The lowest BCUT2D eigenvalue weighted by Gasteiger charge is -2.66. The summed E-state index contributed by atoms with van der Waals surface area (Å²) in [6.45, 7) is 4.25. The lowest BCUT2D eigenvalue weighted by atomic mass is 9.44. The minimum absolute atomic E-state index is 0.185. The Balaban J connectivity index is 1.74. The van der Waals surface area contributed by atoms with Gasteiger partial charge in [-0.15, -0.1) is 0 Å². The molecule has 0 aromatic rings. The molecule has 1 heterocycles. The van der Waals surface area contributed by atoms with Gasteiger partial charge in [0.2, 0.25) is 5.23 Å². The van der Waals surface area contributed by atoms with Crippen molar-refractivity contribution in [2.24, 2.45) is 27.7 Å². The Hall–Kier alpha value is -1.14. The summed E-state index contributed by atoms with van der Waals surface area (Å²) >= 11 is 1.57. The normalized spacial score (nSPS) is 51.0. The van der Waals surface area contributed by atoms with Gasteiger partial charge in [-0.05, 0) is 43.6 Å². The van der Waals surface area contributed by atoms with E-state index in [1.165, 1.54) is 0 Å². The molecule has 6 heteroatoms. The van der Waals surface area contributed by atoms with Gasteiger partial charge in [-0.2, -0.15) is 0 Å². The predicted octanol–water partition coefficient (Wildman–Crippen LogP) is 3.26. The summed E-state index contributed by atoms with van der Waals surface area (Å²) < 4.78 is 4.96. The molecule has 0 amide bonds. The number of aliphatic imine (C=N–C) groups is 1. The largest absolute Gasteiger partial charge is 0.476 e. The summed E-state index contributed by atoms with van der Waals surface area (Å²) in [7, 11) is 1.60. The molecule has 6 unspecified atom stereocenters. The molecule has 0 bridgehead atoms. The van der Waals surface area contributed by atoms with Crippen LogP contribution < -0.4 is 0 Å². The third-order valence-corrected chi connectivity index (χ3v) is 10.3. The Labute approximate surface area is 164 Å². The molecule has 5 nitrogen and oxygen atoms in total. The maximum absolute atomic E-state index is 12.8. The maximum Gasteiger partial charge on any atom is 0.249 e. The number of Topliss-reactive ketones (excluding diaryl/α,β-unsaturated/α-hetero) is 1. The standard InChI is InChI=1S/C21H27NO4S/c1-18-11-20(25)21(27-17(22-20)26-3)15(14(18)6-7-16(18)24)5-4-12-10-13(23)8-9-19(12,21)2/h10,14-15,25H,4-9,11H2,1-3H3. The number of thioether (sulfide) groups is 1. The molecule has 0 saturated heterocycles. The van der Waals surface area contributed by atoms with Gasteiger partial charge < -0.3 is 9.84 Å². The van der Waals surface area contributed by atoms with E-state index in [1.54, 1.807) is 18.9 Å². The Morgan fingerprint density at radius 1 is 1.19 bits per heavy atom.